The van der Waals surface area contributed by atoms with E-state index in [0.717, 1.165) is 48.5 Å². The monoisotopic (exact) mass is 267 g/mol. The fourth-order valence-electron chi connectivity index (χ4n) is 2.48. The maximum Gasteiger partial charge on any atom is 0.0615 e. The highest BCUT2D eigenvalue weighted by Crippen LogP contribution is 2.27. The molecule has 0 saturated carbocycles. The van der Waals surface area contributed by atoms with Crippen molar-refractivity contribution in [1.29, 1.82) is 0 Å². The van der Waals surface area contributed by atoms with Gasteiger partial charge in [-0.25, -0.2) is 0 Å². The average Bonchev–Trinajstić information content (AvgIpc) is 2.33. The van der Waals surface area contributed by atoms with Crippen LogP contribution in [-0.4, -0.2) is 37.6 Å². The van der Waals surface area contributed by atoms with Crippen molar-refractivity contribution >= 4 is 23.0 Å². The van der Waals surface area contributed by atoms with E-state index in [2.05, 4.69) is 23.6 Å². The molecule has 0 aromatic heterocycles. The maximum atomic E-state index is 6.04. The van der Waals surface area contributed by atoms with Crippen LogP contribution in [0.5, 0.6) is 0 Å². The summed E-state index contributed by atoms with van der Waals surface area (Å²) in [6.07, 6.45) is 0. The van der Waals surface area contributed by atoms with Crippen LogP contribution in [0.15, 0.2) is 18.2 Å². The Morgan fingerprint density at radius 1 is 1.22 bits per heavy atom. The molecule has 18 heavy (non-hydrogen) atoms. The van der Waals surface area contributed by atoms with Crippen LogP contribution >= 0.6 is 11.6 Å². The van der Waals surface area contributed by atoms with Gasteiger partial charge in [-0.05, 0) is 24.1 Å². The minimum absolute atomic E-state index is 0.729. The van der Waals surface area contributed by atoms with Gasteiger partial charge in [0.1, 0.15) is 0 Å². The molecule has 100 valence electrons. The molecule has 0 bridgehead atoms. The van der Waals surface area contributed by atoms with Gasteiger partial charge in [0, 0.05) is 37.7 Å². The lowest BCUT2D eigenvalue weighted by molar-refractivity contribution is 0.231. The topological polar surface area (TPSA) is 32.5 Å². The molecule has 1 saturated heterocycles. The van der Waals surface area contributed by atoms with E-state index in [0.29, 0.717) is 0 Å². The third-order valence-corrected chi connectivity index (χ3v) is 3.56. The van der Waals surface area contributed by atoms with Gasteiger partial charge in [-0.15, -0.1) is 0 Å². The summed E-state index contributed by atoms with van der Waals surface area (Å²) in [6, 6.07) is 5.70. The van der Waals surface area contributed by atoms with Crippen LogP contribution in [0.4, 0.5) is 11.4 Å². The Bertz CT molecular complexity index is 398. The van der Waals surface area contributed by atoms with Gasteiger partial charge in [-0.2, -0.15) is 0 Å². The number of nitrogen functional groups attached to an aromatic ring is 1. The summed E-state index contributed by atoms with van der Waals surface area (Å²) >= 11 is 6.04. The summed E-state index contributed by atoms with van der Waals surface area (Å²) < 4.78 is 0. The molecule has 0 radical (unpaired) electrons. The Kier molecular flexibility index (Phi) is 4.36. The summed E-state index contributed by atoms with van der Waals surface area (Å²) in [6.45, 7) is 9.96. The van der Waals surface area contributed by atoms with Crippen molar-refractivity contribution in [2.45, 2.75) is 13.8 Å². The highest BCUT2D eigenvalue weighted by atomic mass is 35.5. The molecule has 1 aromatic rings. The lowest BCUT2D eigenvalue weighted by Crippen LogP contribution is -2.47. The van der Waals surface area contributed by atoms with Crippen LogP contribution in [0.25, 0.3) is 0 Å². The molecule has 0 unspecified atom stereocenters. The van der Waals surface area contributed by atoms with Crippen LogP contribution in [-0.2, 0) is 0 Å². The molecular formula is C14H22ClN3. The molecule has 1 aromatic carbocycles. The van der Waals surface area contributed by atoms with Gasteiger partial charge in [0.15, 0.2) is 0 Å². The summed E-state index contributed by atoms with van der Waals surface area (Å²) in [5.41, 5.74) is 7.91. The summed E-state index contributed by atoms with van der Waals surface area (Å²) in [4.78, 5) is 4.85. The number of nitrogens with two attached hydrogens (primary N) is 1. The second-order valence-corrected chi connectivity index (χ2v) is 5.82. The van der Waals surface area contributed by atoms with Crippen molar-refractivity contribution in [2.75, 3.05) is 43.4 Å². The Morgan fingerprint density at radius 3 is 2.50 bits per heavy atom. The number of rotatable bonds is 3. The molecule has 2 N–H and O–H groups in total. The molecule has 0 spiro atoms. The van der Waals surface area contributed by atoms with E-state index >= 15 is 0 Å². The van der Waals surface area contributed by atoms with Gasteiger partial charge in [-0.1, -0.05) is 25.4 Å². The molecule has 3 nitrogen and oxygen atoms in total. The molecule has 4 heteroatoms. The summed E-state index contributed by atoms with van der Waals surface area (Å²) in [7, 11) is 0. The number of halogens is 1. The van der Waals surface area contributed by atoms with Crippen LogP contribution in [0.2, 0.25) is 5.02 Å². The highest BCUT2D eigenvalue weighted by Gasteiger charge is 2.19. The third-order valence-electron chi connectivity index (χ3n) is 3.33. The average molecular weight is 268 g/mol. The molecule has 1 fully saturated rings. The van der Waals surface area contributed by atoms with E-state index in [9.17, 15) is 0 Å². The number of anilines is 2. The molecule has 2 rings (SSSR count). The van der Waals surface area contributed by atoms with Gasteiger partial charge in [0.25, 0.3) is 0 Å². The standard InChI is InChI=1S/C14H22ClN3/c1-11(2)10-17-5-7-18(8-6-17)14-9-12(15)3-4-13(14)16/h3-4,9,11H,5-8,10,16H2,1-2H3. The fourth-order valence-corrected chi connectivity index (χ4v) is 2.64. The Hall–Kier alpha value is -0.930. The third kappa shape index (κ3) is 3.30. The van der Waals surface area contributed by atoms with E-state index in [4.69, 9.17) is 17.3 Å². The zero-order valence-corrected chi connectivity index (χ0v) is 12.0. The SMILES string of the molecule is CC(C)CN1CCN(c2cc(Cl)ccc2N)CC1. The fraction of sp³-hybridized carbons (Fsp3) is 0.571. The van der Waals surface area contributed by atoms with Crippen molar-refractivity contribution in [2.24, 2.45) is 5.92 Å². The second-order valence-electron chi connectivity index (χ2n) is 5.38. The first-order valence-corrected chi connectivity index (χ1v) is 6.96. The number of nitrogens with zero attached hydrogens (tertiary/aromatic N) is 2. The van der Waals surface area contributed by atoms with Crippen LogP contribution in [0, 0.1) is 5.92 Å². The van der Waals surface area contributed by atoms with Gasteiger partial charge in [-0.3, -0.25) is 4.90 Å². The number of piperazine rings is 1. The Morgan fingerprint density at radius 2 is 1.89 bits per heavy atom. The van der Waals surface area contributed by atoms with Gasteiger partial charge in [0.2, 0.25) is 0 Å². The first-order chi connectivity index (χ1) is 8.56. The van der Waals surface area contributed by atoms with E-state index in [1.807, 2.05) is 18.2 Å². The zero-order chi connectivity index (χ0) is 13.1. The lowest BCUT2D eigenvalue weighted by atomic mass is 10.1. The minimum atomic E-state index is 0.729. The first kappa shape index (κ1) is 13.5. The second kappa shape index (κ2) is 5.81. The van der Waals surface area contributed by atoms with Gasteiger partial charge < -0.3 is 10.6 Å². The minimum Gasteiger partial charge on any atom is -0.397 e. The van der Waals surface area contributed by atoms with Crippen molar-refractivity contribution in [3.8, 4) is 0 Å². The maximum absolute atomic E-state index is 6.04. The van der Waals surface area contributed by atoms with E-state index in [1.165, 1.54) is 6.54 Å². The van der Waals surface area contributed by atoms with Crippen LogP contribution in [0.1, 0.15) is 13.8 Å². The van der Waals surface area contributed by atoms with Crippen molar-refractivity contribution in [1.82, 2.24) is 4.90 Å². The molecule has 0 atom stereocenters. The van der Waals surface area contributed by atoms with Gasteiger partial charge in [0.05, 0.1) is 11.4 Å². The molecular weight excluding hydrogens is 246 g/mol. The number of hydrogen-bond acceptors (Lipinski definition) is 3. The Balaban J connectivity index is 1.99. The van der Waals surface area contributed by atoms with Crippen LogP contribution < -0.4 is 10.6 Å². The van der Waals surface area contributed by atoms with Crippen molar-refractivity contribution in [3.63, 3.8) is 0 Å². The molecule has 1 heterocycles. The smallest absolute Gasteiger partial charge is 0.0615 e. The number of benzene rings is 1. The van der Waals surface area contributed by atoms with Crippen molar-refractivity contribution < 1.29 is 0 Å². The van der Waals surface area contributed by atoms with E-state index < -0.39 is 0 Å². The molecule has 1 aliphatic heterocycles. The zero-order valence-electron chi connectivity index (χ0n) is 11.2. The predicted octanol–water partition coefficient (Wildman–Crippen LogP) is 2.70. The summed E-state index contributed by atoms with van der Waals surface area (Å²) in [5, 5.41) is 0.754. The lowest BCUT2D eigenvalue weighted by Gasteiger charge is -2.37. The number of hydrogen-bond donors (Lipinski definition) is 1. The summed E-state index contributed by atoms with van der Waals surface area (Å²) in [5.74, 6) is 0.729. The van der Waals surface area contributed by atoms with E-state index in [1.54, 1.807) is 0 Å². The largest absolute Gasteiger partial charge is 0.397 e. The molecule has 0 aliphatic carbocycles. The first-order valence-electron chi connectivity index (χ1n) is 6.58. The quantitative estimate of drug-likeness (QED) is 0.855. The van der Waals surface area contributed by atoms with Crippen LogP contribution in [0.3, 0.4) is 0 Å². The van der Waals surface area contributed by atoms with Crippen molar-refractivity contribution in [3.05, 3.63) is 23.2 Å². The normalized spacial score (nSPS) is 17.4. The predicted molar refractivity (Wildman–Crippen MR) is 79.4 cm³/mol. The Labute approximate surface area is 115 Å². The highest BCUT2D eigenvalue weighted by molar-refractivity contribution is 6.31. The van der Waals surface area contributed by atoms with Gasteiger partial charge >= 0.3 is 0 Å². The molecule has 0 amide bonds. The van der Waals surface area contributed by atoms with E-state index in [-0.39, 0.29) is 0 Å². The molecule has 1 aliphatic rings.